The molecule has 1 aliphatic rings. The van der Waals surface area contributed by atoms with E-state index in [4.69, 9.17) is 5.11 Å². The van der Waals surface area contributed by atoms with Gasteiger partial charge in [0.2, 0.25) is 0 Å². The van der Waals surface area contributed by atoms with Crippen LogP contribution in [-0.2, 0) is 4.79 Å². The van der Waals surface area contributed by atoms with Crippen LogP contribution in [0.2, 0.25) is 0 Å². The van der Waals surface area contributed by atoms with E-state index in [1.54, 1.807) is 11.0 Å². The van der Waals surface area contributed by atoms with Crippen LogP contribution >= 0.6 is 0 Å². The molecule has 1 aliphatic heterocycles. The molecular formula is C14H18N2O4. The topological polar surface area (TPSA) is 90.5 Å². The standard InChI is InChI=1S/C14H18N2O4/c1-9(17)11-7-12(15-8-11)14(20)16-4-2-10(3-5-16)6-13(18)19/h7-8,10,15H,2-6H2,1H3,(H,18,19). The van der Waals surface area contributed by atoms with E-state index in [9.17, 15) is 14.4 Å². The Morgan fingerprint density at radius 1 is 1.35 bits per heavy atom. The first-order chi connectivity index (χ1) is 9.47. The first kappa shape index (κ1) is 14.3. The molecule has 6 nitrogen and oxygen atoms in total. The minimum Gasteiger partial charge on any atom is -0.481 e. The largest absolute Gasteiger partial charge is 0.481 e. The summed E-state index contributed by atoms with van der Waals surface area (Å²) in [6.07, 6.45) is 3.11. The molecule has 0 bridgehead atoms. The number of piperidine rings is 1. The highest BCUT2D eigenvalue weighted by molar-refractivity contribution is 5.99. The molecule has 0 spiro atoms. The molecule has 1 fully saturated rings. The first-order valence-electron chi connectivity index (χ1n) is 6.68. The van der Waals surface area contributed by atoms with Gasteiger partial charge >= 0.3 is 5.97 Å². The normalized spacial score (nSPS) is 16.1. The van der Waals surface area contributed by atoms with Gasteiger partial charge in [0, 0.05) is 31.3 Å². The number of aliphatic carboxylic acids is 1. The molecule has 2 heterocycles. The molecule has 0 saturated carbocycles. The number of nitrogens with one attached hydrogen (secondary N) is 1. The minimum atomic E-state index is -0.787. The van der Waals surface area contributed by atoms with Gasteiger partial charge in [-0.05, 0) is 31.7 Å². The quantitative estimate of drug-likeness (QED) is 0.817. The zero-order valence-corrected chi connectivity index (χ0v) is 11.4. The lowest BCUT2D eigenvalue weighted by atomic mass is 9.93. The molecule has 2 N–H and O–H groups in total. The number of hydrogen-bond donors (Lipinski definition) is 2. The van der Waals surface area contributed by atoms with Crippen LogP contribution in [0.5, 0.6) is 0 Å². The molecule has 1 saturated heterocycles. The van der Waals surface area contributed by atoms with Gasteiger partial charge in [-0.15, -0.1) is 0 Å². The maximum Gasteiger partial charge on any atom is 0.303 e. The highest BCUT2D eigenvalue weighted by Gasteiger charge is 2.25. The average molecular weight is 278 g/mol. The molecule has 0 unspecified atom stereocenters. The number of amides is 1. The number of carbonyl (C=O) groups is 3. The number of nitrogens with zero attached hydrogens (tertiary/aromatic N) is 1. The lowest BCUT2D eigenvalue weighted by molar-refractivity contribution is -0.138. The summed E-state index contributed by atoms with van der Waals surface area (Å²) in [5.74, 6) is -0.857. The summed E-state index contributed by atoms with van der Waals surface area (Å²) in [5, 5.41) is 8.76. The third-order valence-electron chi connectivity index (χ3n) is 3.68. The molecule has 0 radical (unpaired) electrons. The predicted octanol–water partition coefficient (Wildman–Crippen LogP) is 1.54. The van der Waals surface area contributed by atoms with Crippen molar-refractivity contribution in [2.24, 2.45) is 5.92 Å². The Kier molecular flexibility index (Phi) is 4.22. The number of carboxylic acids is 1. The number of hydrogen-bond acceptors (Lipinski definition) is 3. The number of aromatic nitrogens is 1. The Labute approximate surface area is 116 Å². The monoisotopic (exact) mass is 278 g/mol. The molecule has 1 aromatic heterocycles. The molecule has 2 rings (SSSR count). The number of H-pyrrole nitrogens is 1. The SMILES string of the molecule is CC(=O)c1c[nH]c(C(=O)N2CCC(CC(=O)O)CC2)c1. The van der Waals surface area contributed by atoms with E-state index in [0.29, 0.717) is 37.2 Å². The van der Waals surface area contributed by atoms with Crippen molar-refractivity contribution in [3.63, 3.8) is 0 Å². The Balaban J connectivity index is 1.94. The molecule has 1 aromatic rings. The average Bonchev–Trinajstić information content (AvgIpc) is 2.88. The van der Waals surface area contributed by atoms with Gasteiger partial charge in [0.25, 0.3) is 5.91 Å². The van der Waals surface area contributed by atoms with Gasteiger partial charge in [0.1, 0.15) is 5.69 Å². The number of likely N-dealkylation sites (tertiary alicyclic amines) is 1. The zero-order valence-electron chi connectivity index (χ0n) is 11.4. The van der Waals surface area contributed by atoms with Crippen molar-refractivity contribution in [1.29, 1.82) is 0 Å². The van der Waals surface area contributed by atoms with Crippen molar-refractivity contribution in [1.82, 2.24) is 9.88 Å². The number of rotatable bonds is 4. The maximum atomic E-state index is 12.2. The molecule has 0 atom stereocenters. The summed E-state index contributed by atoms with van der Waals surface area (Å²) in [4.78, 5) is 38.6. The van der Waals surface area contributed by atoms with Crippen LogP contribution in [0.4, 0.5) is 0 Å². The number of ketones is 1. The van der Waals surface area contributed by atoms with Crippen LogP contribution in [0.1, 0.15) is 47.0 Å². The lowest BCUT2D eigenvalue weighted by Crippen LogP contribution is -2.39. The maximum absolute atomic E-state index is 12.2. The van der Waals surface area contributed by atoms with Crippen LogP contribution in [0.25, 0.3) is 0 Å². The van der Waals surface area contributed by atoms with Crippen LogP contribution in [-0.4, -0.2) is 45.7 Å². The van der Waals surface area contributed by atoms with E-state index in [2.05, 4.69) is 4.98 Å². The van der Waals surface area contributed by atoms with Crippen LogP contribution in [0.15, 0.2) is 12.3 Å². The van der Waals surface area contributed by atoms with E-state index < -0.39 is 5.97 Å². The third kappa shape index (κ3) is 3.26. The van der Waals surface area contributed by atoms with Crippen molar-refractivity contribution >= 4 is 17.7 Å². The predicted molar refractivity (Wildman–Crippen MR) is 71.7 cm³/mol. The summed E-state index contributed by atoms with van der Waals surface area (Å²) in [5.41, 5.74) is 0.904. The molecule has 108 valence electrons. The van der Waals surface area contributed by atoms with Crippen molar-refractivity contribution in [3.8, 4) is 0 Å². The third-order valence-corrected chi connectivity index (χ3v) is 3.68. The minimum absolute atomic E-state index is 0.0829. The summed E-state index contributed by atoms with van der Waals surface area (Å²) in [7, 11) is 0. The molecule has 20 heavy (non-hydrogen) atoms. The van der Waals surface area contributed by atoms with Crippen molar-refractivity contribution in [3.05, 3.63) is 23.5 Å². The van der Waals surface area contributed by atoms with Crippen LogP contribution < -0.4 is 0 Å². The van der Waals surface area contributed by atoms with E-state index in [1.165, 1.54) is 13.1 Å². The number of aromatic amines is 1. The highest BCUT2D eigenvalue weighted by Crippen LogP contribution is 2.21. The second-order valence-electron chi connectivity index (χ2n) is 5.19. The molecule has 0 aromatic carbocycles. The summed E-state index contributed by atoms with van der Waals surface area (Å²) >= 11 is 0. The van der Waals surface area contributed by atoms with Gasteiger partial charge in [0.15, 0.2) is 5.78 Å². The molecule has 6 heteroatoms. The summed E-state index contributed by atoms with van der Waals surface area (Å²) in [6, 6.07) is 1.56. The van der Waals surface area contributed by atoms with E-state index >= 15 is 0 Å². The van der Waals surface area contributed by atoms with E-state index in [-0.39, 0.29) is 24.0 Å². The van der Waals surface area contributed by atoms with E-state index in [0.717, 1.165) is 0 Å². The second-order valence-corrected chi connectivity index (χ2v) is 5.19. The van der Waals surface area contributed by atoms with Gasteiger partial charge in [-0.3, -0.25) is 14.4 Å². The molecule has 0 aliphatic carbocycles. The fourth-order valence-corrected chi connectivity index (χ4v) is 2.48. The number of Topliss-reactive ketones (excluding diaryl/α,β-unsaturated/α-hetero) is 1. The fraction of sp³-hybridized carbons (Fsp3) is 0.500. The second kappa shape index (κ2) is 5.90. The Hall–Kier alpha value is -2.11. The van der Waals surface area contributed by atoms with Gasteiger partial charge < -0.3 is 15.0 Å². The van der Waals surface area contributed by atoms with Gasteiger partial charge in [0.05, 0.1) is 0 Å². The summed E-state index contributed by atoms with van der Waals surface area (Å²) in [6.45, 7) is 2.57. The highest BCUT2D eigenvalue weighted by atomic mass is 16.4. The van der Waals surface area contributed by atoms with Crippen molar-refractivity contribution < 1.29 is 19.5 Å². The van der Waals surface area contributed by atoms with Gasteiger partial charge in [-0.2, -0.15) is 0 Å². The summed E-state index contributed by atoms with van der Waals surface area (Å²) < 4.78 is 0. The Morgan fingerprint density at radius 2 is 2.00 bits per heavy atom. The van der Waals surface area contributed by atoms with Crippen LogP contribution in [0.3, 0.4) is 0 Å². The van der Waals surface area contributed by atoms with E-state index in [1.807, 2.05) is 0 Å². The molecule has 1 amide bonds. The van der Waals surface area contributed by atoms with Crippen LogP contribution in [0, 0.1) is 5.92 Å². The number of carboxylic acid groups (broad SMARTS) is 1. The Morgan fingerprint density at radius 3 is 2.50 bits per heavy atom. The fourth-order valence-electron chi connectivity index (χ4n) is 2.48. The smallest absolute Gasteiger partial charge is 0.303 e. The van der Waals surface area contributed by atoms with Crippen molar-refractivity contribution in [2.75, 3.05) is 13.1 Å². The van der Waals surface area contributed by atoms with Gasteiger partial charge in [-0.1, -0.05) is 0 Å². The number of carbonyl (C=O) groups excluding carboxylic acids is 2. The zero-order chi connectivity index (χ0) is 14.7. The Bertz CT molecular complexity index is 527. The first-order valence-corrected chi connectivity index (χ1v) is 6.68. The molecular weight excluding hydrogens is 260 g/mol. The lowest BCUT2D eigenvalue weighted by Gasteiger charge is -2.31. The van der Waals surface area contributed by atoms with Gasteiger partial charge in [-0.25, -0.2) is 0 Å². The van der Waals surface area contributed by atoms with Crippen molar-refractivity contribution in [2.45, 2.75) is 26.2 Å².